The number of hydrogen-bond acceptors (Lipinski definition) is 6. The summed E-state index contributed by atoms with van der Waals surface area (Å²) < 4.78 is 12.3. The molecule has 0 aliphatic rings. The summed E-state index contributed by atoms with van der Waals surface area (Å²) in [5.41, 5.74) is 3.21. The molecule has 212 valence electrons. The third kappa shape index (κ3) is 12.8. The zero-order valence-electron chi connectivity index (χ0n) is 23.4. The number of carbonyl (C=O) groups is 1. The molecule has 0 bridgehead atoms. The van der Waals surface area contributed by atoms with Crippen molar-refractivity contribution in [2.24, 2.45) is 0 Å². The van der Waals surface area contributed by atoms with E-state index in [1.807, 2.05) is 78.9 Å². The van der Waals surface area contributed by atoms with Gasteiger partial charge in [-0.15, -0.1) is 0 Å². The maximum Gasteiger partial charge on any atom is 0.220 e. The Kier molecular flexibility index (Phi) is 14.8. The van der Waals surface area contributed by atoms with E-state index in [9.17, 15) is 4.79 Å². The minimum atomic E-state index is 0.0552. The zero-order chi connectivity index (χ0) is 28.1. The van der Waals surface area contributed by atoms with E-state index in [0.717, 1.165) is 62.1 Å². The van der Waals surface area contributed by atoms with Gasteiger partial charge in [-0.05, 0) is 74.1 Å². The highest BCUT2D eigenvalue weighted by atomic mass is 16.5. The first-order valence-corrected chi connectivity index (χ1v) is 14.3. The number of unbranched alkanes of at least 4 members (excludes halogenated alkanes) is 1. The molecule has 0 saturated carbocycles. The maximum atomic E-state index is 12.4. The molecule has 7 nitrogen and oxygen atoms in total. The average molecular weight is 543 g/mol. The van der Waals surface area contributed by atoms with Crippen molar-refractivity contribution in [2.75, 3.05) is 32.7 Å². The van der Waals surface area contributed by atoms with Gasteiger partial charge in [0.1, 0.15) is 13.2 Å². The molecular weight excluding hydrogens is 500 g/mol. The van der Waals surface area contributed by atoms with Crippen molar-refractivity contribution in [1.29, 1.82) is 5.26 Å². The van der Waals surface area contributed by atoms with Crippen LogP contribution in [0.15, 0.2) is 78.9 Å². The van der Waals surface area contributed by atoms with Crippen molar-refractivity contribution in [3.63, 3.8) is 0 Å². The van der Waals surface area contributed by atoms with E-state index < -0.39 is 0 Å². The number of carbonyl (C=O) groups excluding carboxylic acids is 1. The SMILES string of the molecule is N#CCCNCCCCNCCCNC(=O)CCc1ccc(OCc2ccccc2)c(OCc2ccccc2)c1. The standard InChI is InChI=1S/C33H42N4O3/c34-19-9-22-35-20-7-8-21-36-23-10-24-37-33(38)18-16-28-15-17-31(39-26-29-11-3-1-4-12-29)32(25-28)40-27-30-13-5-2-6-14-30/h1-6,11-15,17,25,35-36H,7-10,16,18,20-24,26-27H2,(H,37,38). The Labute approximate surface area is 238 Å². The van der Waals surface area contributed by atoms with E-state index in [-0.39, 0.29) is 5.91 Å². The Morgan fingerprint density at radius 1 is 0.675 bits per heavy atom. The fourth-order valence-electron chi connectivity index (χ4n) is 4.09. The van der Waals surface area contributed by atoms with Crippen molar-refractivity contribution in [1.82, 2.24) is 16.0 Å². The van der Waals surface area contributed by atoms with Gasteiger partial charge in [0, 0.05) is 25.9 Å². The second-order valence-electron chi connectivity index (χ2n) is 9.65. The average Bonchev–Trinajstić information content (AvgIpc) is 3.00. The van der Waals surface area contributed by atoms with Crippen LogP contribution in [0.25, 0.3) is 0 Å². The normalized spacial score (nSPS) is 10.6. The number of amides is 1. The molecular formula is C33H42N4O3. The Hall–Kier alpha value is -3.86. The predicted octanol–water partition coefficient (Wildman–Crippen LogP) is 5.16. The van der Waals surface area contributed by atoms with Gasteiger partial charge >= 0.3 is 0 Å². The lowest BCUT2D eigenvalue weighted by Crippen LogP contribution is -2.28. The van der Waals surface area contributed by atoms with Crippen LogP contribution in [0.3, 0.4) is 0 Å². The van der Waals surface area contributed by atoms with Gasteiger partial charge in [-0.25, -0.2) is 0 Å². The summed E-state index contributed by atoms with van der Waals surface area (Å²) in [5, 5.41) is 18.2. The summed E-state index contributed by atoms with van der Waals surface area (Å²) in [6.45, 7) is 5.13. The quantitative estimate of drug-likeness (QED) is 0.171. The number of ether oxygens (including phenoxy) is 2. The number of rotatable bonds is 20. The molecule has 0 radical (unpaired) electrons. The van der Waals surface area contributed by atoms with Crippen LogP contribution in [-0.2, 0) is 24.4 Å². The molecule has 3 N–H and O–H groups in total. The monoisotopic (exact) mass is 542 g/mol. The van der Waals surface area contributed by atoms with Crippen molar-refractivity contribution < 1.29 is 14.3 Å². The third-order valence-electron chi connectivity index (χ3n) is 6.35. The number of nitrogens with one attached hydrogen (secondary N) is 3. The fraction of sp³-hybridized carbons (Fsp3) is 0.394. The summed E-state index contributed by atoms with van der Waals surface area (Å²) >= 11 is 0. The lowest BCUT2D eigenvalue weighted by molar-refractivity contribution is -0.121. The van der Waals surface area contributed by atoms with Crippen LogP contribution in [-0.4, -0.2) is 38.6 Å². The summed E-state index contributed by atoms with van der Waals surface area (Å²) in [5.74, 6) is 1.43. The predicted molar refractivity (Wildman–Crippen MR) is 159 cm³/mol. The zero-order valence-corrected chi connectivity index (χ0v) is 23.4. The summed E-state index contributed by atoms with van der Waals surface area (Å²) in [6.07, 6.45) is 4.71. The first-order chi connectivity index (χ1) is 19.7. The summed E-state index contributed by atoms with van der Waals surface area (Å²) in [4.78, 5) is 12.4. The van der Waals surface area contributed by atoms with Crippen LogP contribution in [0, 0.1) is 11.3 Å². The first-order valence-electron chi connectivity index (χ1n) is 14.3. The van der Waals surface area contributed by atoms with E-state index >= 15 is 0 Å². The van der Waals surface area contributed by atoms with Gasteiger partial charge in [0.2, 0.25) is 5.91 Å². The van der Waals surface area contributed by atoms with Crippen LogP contribution >= 0.6 is 0 Å². The minimum absolute atomic E-state index is 0.0552. The van der Waals surface area contributed by atoms with Gasteiger partial charge in [-0.1, -0.05) is 66.7 Å². The Bertz CT molecular complexity index is 1150. The molecule has 0 atom stereocenters. The number of benzene rings is 3. The van der Waals surface area contributed by atoms with E-state index in [4.69, 9.17) is 14.7 Å². The molecule has 3 aromatic rings. The van der Waals surface area contributed by atoms with E-state index in [1.54, 1.807) is 0 Å². The van der Waals surface area contributed by atoms with Crippen LogP contribution in [0.5, 0.6) is 11.5 Å². The number of nitrogens with zero attached hydrogens (tertiary/aromatic N) is 1. The second-order valence-corrected chi connectivity index (χ2v) is 9.65. The van der Waals surface area contributed by atoms with Gasteiger partial charge < -0.3 is 25.4 Å². The molecule has 0 aliphatic carbocycles. The lowest BCUT2D eigenvalue weighted by atomic mass is 10.1. The maximum absolute atomic E-state index is 12.4. The largest absolute Gasteiger partial charge is 0.485 e. The highest BCUT2D eigenvalue weighted by molar-refractivity contribution is 5.76. The van der Waals surface area contributed by atoms with Gasteiger partial charge in [0.25, 0.3) is 0 Å². The van der Waals surface area contributed by atoms with Crippen LogP contribution < -0.4 is 25.4 Å². The van der Waals surface area contributed by atoms with Crippen molar-refractivity contribution >= 4 is 5.91 Å². The molecule has 3 aromatic carbocycles. The summed E-state index contributed by atoms with van der Waals surface area (Å²) in [6, 6.07) is 28.2. The molecule has 0 spiro atoms. The number of aryl methyl sites for hydroxylation is 1. The molecule has 1 amide bonds. The molecule has 0 aliphatic heterocycles. The summed E-state index contributed by atoms with van der Waals surface area (Å²) in [7, 11) is 0. The fourth-order valence-corrected chi connectivity index (χ4v) is 4.09. The van der Waals surface area contributed by atoms with Crippen molar-refractivity contribution in [3.8, 4) is 17.6 Å². The highest BCUT2D eigenvalue weighted by Gasteiger charge is 2.10. The van der Waals surface area contributed by atoms with E-state index in [0.29, 0.717) is 50.5 Å². The van der Waals surface area contributed by atoms with Crippen molar-refractivity contribution in [2.45, 2.75) is 51.7 Å². The second kappa shape index (κ2) is 19.2. The Morgan fingerprint density at radius 3 is 1.93 bits per heavy atom. The Balaban J connectivity index is 1.37. The molecule has 7 heteroatoms. The van der Waals surface area contributed by atoms with Gasteiger partial charge in [-0.2, -0.15) is 5.26 Å². The number of nitriles is 1. The molecule has 0 fully saturated rings. The van der Waals surface area contributed by atoms with Crippen LogP contribution in [0.1, 0.15) is 48.8 Å². The smallest absolute Gasteiger partial charge is 0.220 e. The first kappa shape index (κ1) is 30.7. The van der Waals surface area contributed by atoms with Gasteiger partial charge in [0.05, 0.1) is 6.07 Å². The lowest BCUT2D eigenvalue weighted by Gasteiger charge is -2.15. The molecule has 0 unspecified atom stereocenters. The Morgan fingerprint density at radius 2 is 1.27 bits per heavy atom. The van der Waals surface area contributed by atoms with Crippen LogP contribution in [0.4, 0.5) is 0 Å². The molecule has 0 saturated heterocycles. The van der Waals surface area contributed by atoms with Gasteiger partial charge in [0.15, 0.2) is 11.5 Å². The van der Waals surface area contributed by atoms with Crippen LogP contribution in [0.2, 0.25) is 0 Å². The highest BCUT2D eigenvalue weighted by Crippen LogP contribution is 2.30. The minimum Gasteiger partial charge on any atom is -0.485 e. The van der Waals surface area contributed by atoms with E-state index in [1.165, 1.54) is 0 Å². The van der Waals surface area contributed by atoms with Crippen molar-refractivity contribution in [3.05, 3.63) is 95.6 Å². The molecule has 40 heavy (non-hydrogen) atoms. The van der Waals surface area contributed by atoms with E-state index in [2.05, 4.69) is 22.0 Å². The molecule has 3 rings (SSSR count). The van der Waals surface area contributed by atoms with Gasteiger partial charge in [-0.3, -0.25) is 4.79 Å². The third-order valence-corrected chi connectivity index (χ3v) is 6.35. The number of hydrogen-bond donors (Lipinski definition) is 3. The molecule has 0 aromatic heterocycles. The molecule has 0 heterocycles. The topological polar surface area (TPSA) is 95.4 Å².